The van der Waals surface area contributed by atoms with Gasteiger partial charge in [0.15, 0.2) is 0 Å². The van der Waals surface area contributed by atoms with E-state index in [0.29, 0.717) is 0 Å². The van der Waals surface area contributed by atoms with Gasteiger partial charge in [0.1, 0.15) is 0 Å². The van der Waals surface area contributed by atoms with E-state index in [1.165, 1.54) is 11.1 Å². The second kappa shape index (κ2) is 8.36. The summed E-state index contributed by atoms with van der Waals surface area (Å²) in [5.74, 6) is 6.27. The number of allylic oxidation sites excluding steroid dienone is 3. The van der Waals surface area contributed by atoms with Crippen molar-refractivity contribution in [1.82, 2.24) is 0 Å². The van der Waals surface area contributed by atoms with Crippen LogP contribution >= 0.6 is 0 Å². The highest BCUT2D eigenvalue weighted by Gasteiger charge is 1.97. The monoisotopic (exact) mass is 306 g/mol. The Labute approximate surface area is 143 Å². The zero-order chi connectivity index (χ0) is 16.5. The van der Waals surface area contributed by atoms with Gasteiger partial charge in [0.25, 0.3) is 0 Å². The van der Waals surface area contributed by atoms with Crippen molar-refractivity contribution in [2.24, 2.45) is 0 Å². The predicted octanol–water partition coefficient (Wildman–Crippen LogP) is 5.84. The van der Waals surface area contributed by atoms with Crippen molar-refractivity contribution in [1.29, 1.82) is 0 Å². The highest BCUT2D eigenvalue weighted by Crippen LogP contribution is 2.19. The SMILES string of the molecule is C(#Cc1ccccc1)/C=C/C(=C\c1ccccc1)c1ccccc1. The second-order valence-corrected chi connectivity index (χ2v) is 5.35. The van der Waals surface area contributed by atoms with E-state index in [1.807, 2.05) is 60.7 Å². The molecule has 0 aliphatic heterocycles. The summed E-state index contributed by atoms with van der Waals surface area (Å²) in [5.41, 5.74) is 4.52. The van der Waals surface area contributed by atoms with Crippen LogP contribution in [0.1, 0.15) is 16.7 Å². The zero-order valence-electron chi connectivity index (χ0n) is 13.4. The molecule has 0 fully saturated rings. The van der Waals surface area contributed by atoms with Crippen LogP contribution in [-0.2, 0) is 0 Å². The molecule has 0 heteroatoms. The van der Waals surface area contributed by atoms with Crippen molar-refractivity contribution >= 4 is 11.6 Å². The molecule has 0 bridgehead atoms. The number of hydrogen-bond donors (Lipinski definition) is 0. The molecule has 0 heterocycles. The van der Waals surface area contributed by atoms with E-state index in [-0.39, 0.29) is 0 Å². The van der Waals surface area contributed by atoms with Crippen LogP contribution in [0.15, 0.2) is 103 Å². The lowest BCUT2D eigenvalue weighted by atomic mass is 10.0. The third kappa shape index (κ3) is 4.60. The molecule has 0 saturated carbocycles. The normalized spacial score (nSPS) is 11.1. The van der Waals surface area contributed by atoms with Gasteiger partial charge in [-0.2, -0.15) is 0 Å². The third-order valence-electron chi connectivity index (χ3n) is 3.57. The molecule has 24 heavy (non-hydrogen) atoms. The molecular formula is C24H18. The van der Waals surface area contributed by atoms with Gasteiger partial charge in [-0.25, -0.2) is 0 Å². The van der Waals surface area contributed by atoms with Crippen molar-refractivity contribution in [3.63, 3.8) is 0 Å². The van der Waals surface area contributed by atoms with Crippen molar-refractivity contribution in [2.45, 2.75) is 0 Å². The summed E-state index contributed by atoms with van der Waals surface area (Å²) in [6, 6.07) is 30.7. The maximum atomic E-state index is 3.15. The van der Waals surface area contributed by atoms with E-state index in [4.69, 9.17) is 0 Å². The van der Waals surface area contributed by atoms with E-state index in [9.17, 15) is 0 Å². The average molecular weight is 306 g/mol. The molecule has 0 nitrogen and oxygen atoms in total. The Kier molecular flexibility index (Phi) is 5.43. The van der Waals surface area contributed by atoms with Crippen molar-refractivity contribution < 1.29 is 0 Å². The van der Waals surface area contributed by atoms with Crippen LogP contribution in [0.5, 0.6) is 0 Å². The summed E-state index contributed by atoms with van der Waals surface area (Å²) < 4.78 is 0. The molecule has 3 aromatic carbocycles. The first-order valence-electron chi connectivity index (χ1n) is 7.97. The van der Waals surface area contributed by atoms with Crippen LogP contribution in [-0.4, -0.2) is 0 Å². The van der Waals surface area contributed by atoms with E-state index in [2.05, 4.69) is 60.4 Å². The molecule has 114 valence electrons. The van der Waals surface area contributed by atoms with Gasteiger partial charge < -0.3 is 0 Å². The summed E-state index contributed by atoms with van der Waals surface area (Å²) in [6.07, 6.45) is 6.16. The van der Waals surface area contributed by atoms with Crippen molar-refractivity contribution in [2.75, 3.05) is 0 Å². The minimum Gasteiger partial charge on any atom is -0.0696 e. The molecule has 0 radical (unpaired) electrons. The molecule has 3 rings (SSSR count). The Balaban J connectivity index is 1.87. The first-order valence-corrected chi connectivity index (χ1v) is 7.97. The lowest BCUT2D eigenvalue weighted by molar-refractivity contribution is 1.61. The van der Waals surface area contributed by atoms with Crippen LogP contribution in [0.4, 0.5) is 0 Å². The number of rotatable bonds is 3. The Bertz CT molecular complexity index is 874. The average Bonchev–Trinajstić information content (AvgIpc) is 2.66. The van der Waals surface area contributed by atoms with Gasteiger partial charge in [0.05, 0.1) is 0 Å². The molecule has 0 saturated heterocycles. The Morgan fingerprint density at radius 2 is 1.25 bits per heavy atom. The van der Waals surface area contributed by atoms with Crippen LogP contribution in [0.2, 0.25) is 0 Å². The summed E-state index contributed by atoms with van der Waals surface area (Å²) >= 11 is 0. The lowest BCUT2D eigenvalue weighted by Gasteiger charge is -2.02. The highest BCUT2D eigenvalue weighted by atomic mass is 14.0. The maximum Gasteiger partial charge on any atom is 0.0248 e. The lowest BCUT2D eigenvalue weighted by Crippen LogP contribution is -1.81. The largest absolute Gasteiger partial charge is 0.0696 e. The van der Waals surface area contributed by atoms with Gasteiger partial charge >= 0.3 is 0 Å². The Hall–Kier alpha value is -3.30. The molecule has 0 amide bonds. The van der Waals surface area contributed by atoms with E-state index >= 15 is 0 Å². The van der Waals surface area contributed by atoms with E-state index < -0.39 is 0 Å². The Morgan fingerprint density at radius 3 is 1.92 bits per heavy atom. The second-order valence-electron chi connectivity index (χ2n) is 5.35. The molecule has 0 atom stereocenters. The van der Waals surface area contributed by atoms with Crippen molar-refractivity contribution in [3.05, 3.63) is 120 Å². The summed E-state index contributed by atoms with van der Waals surface area (Å²) in [5, 5.41) is 0. The van der Waals surface area contributed by atoms with E-state index in [0.717, 1.165) is 11.1 Å². The number of hydrogen-bond acceptors (Lipinski definition) is 0. The molecular weight excluding hydrogens is 288 g/mol. The maximum absolute atomic E-state index is 3.15. The Morgan fingerprint density at radius 1 is 0.667 bits per heavy atom. The van der Waals surface area contributed by atoms with Gasteiger partial charge in [-0.15, -0.1) is 0 Å². The molecule has 0 N–H and O–H groups in total. The molecule has 0 spiro atoms. The van der Waals surface area contributed by atoms with Gasteiger partial charge in [0, 0.05) is 5.56 Å². The van der Waals surface area contributed by atoms with Crippen LogP contribution in [0, 0.1) is 11.8 Å². The fraction of sp³-hybridized carbons (Fsp3) is 0. The molecule has 0 aliphatic carbocycles. The first kappa shape index (κ1) is 15.6. The molecule has 0 unspecified atom stereocenters. The highest BCUT2D eigenvalue weighted by molar-refractivity contribution is 5.87. The van der Waals surface area contributed by atoms with Gasteiger partial charge in [0.2, 0.25) is 0 Å². The van der Waals surface area contributed by atoms with Crippen LogP contribution in [0.25, 0.3) is 11.6 Å². The predicted molar refractivity (Wildman–Crippen MR) is 103 cm³/mol. The fourth-order valence-electron chi connectivity index (χ4n) is 2.37. The quantitative estimate of drug-likeness (QED) is 0.324. The smallest absolute Gasteiger partial charge is 0.0248 e. The van der Waals surface area contributed by atoms with Crippen LogP contribution in [0.3, 0.4) is 0 Å². The summed E-state index contributed by atoms with van der Waals surface area (Å²) in [4.78, 5) is 0. The topological polar surface area (TPSA) is 0 Å². The summed E-state index contributed by atoms with van der Waals surface area (Å²) in [6.45, 7) is 0. The minimum absolute atomic E-state index is 1.02. The van der Waals surface area contributed by atoms with Crippen LogP contribution < -0.4 is 0 Å². The summed E-state index contributed by atoms with van der Waals surface area (Å²) in [7, 11) is 0. The third-order valence-corrected chi connectivity index (χ3v) is 3.57. The van der Waals surface area contributed by atoms with Crippen molar-refractivity contribution in [3.8, 4) is 11.8 Å². The molecule has 0 aliphatic rings. The van der Waals surface area contributed by atoms with Gasteiger partial charge in [-0.1, -0.05) is 90.7 Å². The number of benzene rings is 3. The van der Waals surface area contributed by atoms with Gasteiger partial charge in [-0.05, 0) is 47.1 Å². The standard InChI is InChI=1S/C24H18/c1-4-12-21(13-5-1)14-10-11-19-24(23-17-8-3-9-18-23)20-22-15-6-2-7-16-22/h1-9,11-13,15-20H/b19-11+,24-20+. The zero-order valence-corrected chi connectivity index (χ0v) is 13.4. The van der Waals surface area contributed by atoms with E-state index in [1.54, 1.807) is 0 Å². The molecule has 3 aromatic rings. The fourth-order valence-corrected chi connectivity index (χ4v) is 2.37. The van der Waals surface area contributed by atoms with Gasteiger partial charge in [-0.3, -0.25) is 0 Å². The molecule has 0 aromatic heterocycles. The minimum atomic E-state index is 1.02. The first-order chi connectivity index (χ1) is 11.9.